The number of sulfone groups is 1. The third-order valence-corrected chi connectivity index (χ3v) is 6.20. The van der Waals surface area contributed by atoms with Crippen molar-refractivity contribution in [3.05, 3.63) is 66.6 Å². The van der Waals surface area contributed by atoms with Gasteiger partial charge < -0.3 is 10.3 Å². The SMILES string of the molecule is C=CS(=O)(=O)c1ccc(N=Nc2cc(S(=O)(=O)[O-])c3ccccc3c2N)cc1.[Li+]. The number of rotatable bonds is 5. The number of nitrogen functional groups attached to an aromatic ring is 1. The molecule has 0 aromatic heterocycles. The smallest absolute Gasteiger partial charge is 0.744 e. The zero-order valence-corrected chi connectivity index (χ0v) is 16.9. The van der Waals surface area contributed by atoms with Gasteiger partial charge in [0.15, 0.2) is 9.84 Å². The fraction of sp³-hybridized carbons (Fsp3) is 0. The van der Waals surface area contributed by atoms with Gasteiger partial charge in [-0.05, 0) is 30.3 Å². The molecule has 11 heteroatoms. The van der Waals surface area contributed by atoms with Gasteiger partial charge in [-0.3, -0.25) is 0 Å². The van der Waals surface area contributed by atoms with Gasteiger partial charge >= 0.3 is 18.9 Å². The van der Waals surface area contributed by atoms with Crippen molar-refractivity contribution in [2.24, 2.45) is 10.2 Å². The minimum absolute atomic E-state index is 0. The molecular weight excluding hydrogens is 409 g/mol. The number of fused-ring (bicyclic) bond motifs is 1. The predicted molar refractivity (Wildman–Crippen MR) is 104 cm³/mol. The molecule has 3 rings (SSSR count). The van der Waals surface area contributed by atoms with Crippen molar-refractivity contribution in [3.8, 4) is 0 Å². The summed E-state index contributed by atoms with van der Waals surface area (Å²) < 4.78 is 58.3. The van der Waals surface area contributed by atoms with E-state index >= 15 is 0 Å². The number of hydrogen-bond donors (Lipinski definition) is 1. The molecule has 0 amide bonds. The first-order chi connectivity index (χ1) is 13.1. The summed E-state index contributed by atoms with van der Waals surface area (Å²) in [5, 5.41) is 9.28. The van der Waals surface area contributed by atoms with Crippen LogP contribution in [0.4, 0.5) is 17.1 Å². The van der Waals surface area contributed by atoms with Gasteiger partial charge in [0, 0.05) is 16.2 Å². The molecule has 8 nitrogen and oxygen atoms in total. The van der Waals surface area contributed by atoms with Gasteiger partial charge in [0.05, 0.1) is 21.2 Å². The van der Waals surface area contributed by atoms with Crippen LogP contribution >= 0.6 is 0 Å². The first-order valence-electron chi connectivity index (χ1n) is 7.80. The largest absolute Gasteiger partial charge is 1.00 e. The van der Waals surface area contributed by atoms with Gasteiger partial charge in [-0.25, -0.2) is 16.8 Å². The fourth-order valence-corrected chi connectivity index (χ4v) is 3.96. The maximum Gasteiger partial charge on any atom is 1.00 e. The van der Waals surface area contributed by atoms with Gasteiger partial charge in [-0.15, -0.1) is 5.11 Å². The standard InChI is InChI=1S/C18H15N3O5S2.Li/c1-2-27(22,23)13-9-7-12(8-10-13)20-21-16-11-17(28(24,25)26)14-5-3-4-6-15(14)18(16)19;/h2-11H,1,19H2,(H,24,25,26);/q;+1/p-1. The number of benzene rings is 3. The van der Waals surface area contributed by atoms with Gasteiger partial charge in [-0.2, -0.15) is 5.11 Å². The van der Waals surface area contributed by atoms with E-state index in [1.165, 1.54) is 30.3 Å². The summed E-state index contributed by atoms with van der Waals surface area (Å²) in [5.41, 5.74) is 6.54. The summed E-state index contributed by atoms with van der Waals surface area (Å²) in [7, 11) is -8.32. The molecule has 29 heavy (non-hydrogen) atoms. The van der Waals surface area contributed by atoms with Crippen LogP contribution in [0, 0.1) is 0 Å². The van der Waals surface area contributed by atoms with Crippen LogP contribution in [0.3, 0.4) is 0 Å². The zero-order valence-electron chi connectivity index (χ0n) is 15.3. The molecule has 0 radical (unpaired) electrons. The third kappa shape index (κ3) is 4.75. The molecule has 0 atom stereocenters. The van der Waals surface area contributed by atoms with Crippen LogP contribution in [0.2, 0.25) is 0 Å². The molecule has 0 heterocycles. The number of hydrogen-bond acceptors (Lipinski definition) is 8. The second-order valence-corrected chi connectivity index (χ2v) is 8.96. The van der Waals surface area contributed by atoms with E-state index in [4.69, 9.17) is 5.73 Å². The van der Waals surface area contributed by atoms with Crippen LogP contribution in [-0.4, -0.2) is 21.4 Å². The summed E-state index contributed by atoms with van der Waals surface area (Å²) in [5.74, 6) is 0. The third-order valence-electron chi connectivity index (χ3n) is 3.95. The molecule has 0 spiro atoms. The quantitative estimate of drug-likeness (QED) is 0.276. The Balaban J connectivity index is 0.00000300. The minimum atomic E-state index is -4.76. The molecule has 0 saturated heterocycles. The summed E-state index contributed by atoms with van der Waals surface area (Å²) in [6, 6.07) is 12.9. The number of nitrogens with zero attached hydrogens (tertiary/aromatic N) is 2. The predicted octanol–water partition coefficient (Wildman–Crippen LogP) is 0.663. The van der Waals surface area contributed by atoms with Crippen LogP contribution in [0.5, 0.6) is 0 Å². The summed E-state index contributed by atoms with van der Waals surface area (Å²) in [4.78, 5) is -0.398. The van der Waals surface area contributed by atoms with Crippen LogP contribution in [-0.2, 0) is 20.0 Å². The van der Waals surface area contributed by atoms with Gasteiger partial charge in [0.1, 0.15) is 15.8 Å². The van der Waals surface area contributed by atoms with Gasteiger partial charge in [-0.1, -0.05) is 30.8 Å². The Morgan fingerprint density at radius 2 is 1.52 bits per heavy atom. The van der Waals surface area contributed by atoms with Crippen molar-refractivity contribution in [1.82, 2.24) is 0 Å². The van der Waals surface area contributed by atoms with E-state index in [0.717, 1.165) is 11.5 Å². The topological polar surface area (TPSA) is 142 Å². The first-order valence-corrected chi connectivity index (χ1v) is 10.8. The Morgan fingerprint density at radius 3 is 2.07 bits per heavy atom. The van der Waals surface area contributed by atoms with Crippen LogP contribution in [0.25, 0.3) is 10.8 Å². The van der Waals surface area contributed by atoms with E-state index in [1.54, 1.807) is 18.2 Å². The first kappa shape index (κ1) is 22.8. The number of nitrogens with two attached hydrogens (primary N) is 1. The molecule has 144 valence electrons. The van der Waals surface area contributed by atoms with Crippen LogP contribution < -0.4 is 24.6 Å². The van der Waals surface area contributed by atoms with E-state index in [-0.39, 0.29) is 40.5 Å². The molecule has 2 N–H and O–H groups in total. The van der Waals surface area contributed by atoms with Crippen molar-refractivity contribution in [2.45, 2.75) is 9.79 Å². The minimum Gasteiger partial charge on any atom is -0.744 e. The molecule has 0 aliphatic carbocycles. The normalized spacial score (nSPS) is 12.0. The van der Waals surface area contributed by atoms with Crippen molar-refractivity contribution in [3.63, 3.8) is 0 Å². The Morgan fingerprint density at radius 1 is 0.931 bits per heavy atom. The van der Waals surface area contributed by atoms with Crippen molar-refractivity contribution < 1.29 is 40.2 Å². The summed E-state index contributed by atoms with van der Waals surface area (Å²) in [6.07, 6.45) is 0. The van der Waals surface area contributed by atoms with Gasteiger partial charge in [0.2, 0.25) is 0 Å². The molecule has 0 aliphatic heterocycles. The number of anilines is 1. The Bertz CT molecular complexity index is 1320. The Kier molecular flexibility index (Phi) is 6.67. The maximum absolute atomic E-state index is 11.7. The van der Waals surface area contributed by atoms with E-state index in [0.29, 0.717) is 11.1 Å². The molecule has 0 aliphatic rings. The van der Waals surface area contributed by atoms with Crippen molar-refractivity contribution >= 4 is 47.8 Å². The second-order valence-electron chi connectivity index (χ2n) is 5.71. The molecule has 3 aromatic carbocycles. The van der Waals surface area contributed by atoms with Crippen LogP contribution in [0.15, 0.2) is 86.6 Å². The van der Waals surface area contributed by atoms with E-state index in [2.05, 4.69) is 16.8 Å². The average Bonchev–Trinajstić information content (AvgIpc) is 2.67. The summed E-state index contributed by atoms with van der Waals surface area (Å²) >= 11 is 0. The van der Waals surface area contributed by atoms with E-state index < -0.39 is 24.9 Å². The van der Waals surface area contributed by atoms with Crippen LogP contribution in [0.1, 0.15) is 0 Å². The molecule has 0 bridgehead atoms. The van der Waals surface area contributed by atoms with Crippen molar-refractivity contribution in [1.29, 1.82) is 0 Å². The Hall–Kier alpha value is -2.48. The summed E-state index contributed by atoms with van der Waals surface area (Å²) in [6.45, 7) is 3.25. The van der Waals surface area contributed by atoms with E-state index in [9.17, 15) is 21.4 Å². The molecular formula is C18H14LiN3O5S2. The number of azo groups is 1. The Labute approximate surface area is 180 Å². The molecule has 0 saturated carbocycles. The van der Waals surface area contributed by atoms with Crippen molar-refractivity contribution in [2.75, 3.05) is 5.73 Å². The van der Waals surface area contributed by atoms with E-state index in [1.807, 2.05) is 0 Å². The second kappa shape index (κ2) is 8.49. The fourth-order valence-electron chi connectivity index (χ4n) is 2.55. The average molecular weight is 423 g/mol. The molecule has 0 unspecified atom stereocenters. The molecule has 0 fully saturated rings. The monoisotopic (exact) mass is 423 g/mol. The molecule has 3 aromatic rings. The zero-order chi connectivity index (χ0) is 20.5. The van der Waals surface area contributed by atoms with Gasteiger partial charge in [0.25, 0.3) is 0 Å². The maximum atomic E-state index is 11.7.